The van der Waals surface area contributed by atoms with Gasteiger partial charge in [0.15, 0.2) is 0 Å². The van der Waals surface area contributed by atoms with E-state index in [1.807, 2.05) is 0 Å². The third-order valence-corrected chi connectivity index (χ3v) is 5.02. The molecular weight excluding hydrogens is 359 g/mol. The molecule has 2 heterocycles. The Morgan fingerprint density at radius 1 is 1.28 bits per heavy atom. The van der Waals surface area contributed by atoms with E-state index in [4.69, 9.17) is 11.6 Å². The van der Waals surface area contributed by atoms with Gasteiger partial charge in [0.2, 0.25) is 0 Å². The first-order valence-electron chi connectivity index (χ1n) is 7.60. The lowest BCUT2D eigenvalue weighted by atomic mass is 9.72. The highest BCUT2D eigenvalue weighted by molar-refractivity contribution is 6.31. The molecule has 4 rings (SSSR count). The topological polar surface area (TPSA) is 58.4 Å². The summed E-state index contributed by atoms with van der Waals surface area (Å²) >= 11 is 5.79. The van der Waals surface area contributed by atoms with Gasteiger partial charge in [-0.3, -0.25) is 4.68 Å². The number of hydrogen-bond donors (Lipinski definition) is 1. The van der Waals surface area contributed by atoms with Crippen molar-refractivity contribution in [1.29, 1.82) is 0 Å². The first-order chi connectivity index (χ1) is 11.7. The number of halogens is 4. The van der Waals surface area contributed by atoms with E-state index in [2.05, 4.69) is 5.10 Å². The molecule has 132 valence electrons. The van der Waals surface area contributed by atoms with Crippen molar-refractivity contribution in [2.75, 3.05) is 6.54 Å². The molecule has 0 bridgehead atoms. The van der Waals surface area contributed by atoms with Crippen molar-refractivity contribution in [3.8, 4) is 11.3 Å². The number of rotatable bonds is 1. The lowest BCUT2D eigenvalue weighted by Gasteiger charge is -2.51. The van der Waals surface area contributed by atoms with Crippen molar-refractivity contribution in [3.05, 3.63) is 40.8 Å². The Labute approximate surface area is 145 Å². The molecule has 0 radical (unpaired) electrons. The van der Waals surface area contributed by atoms with Gasteiger partial charge in [-0.1, -0.05) is 11.6 Å². The summed E-state index contributed by atoms with van der Waals surface area (Å²) in [5, 5.41) is 13.6. The van der Waals surface area contributed by atoms with Gasteiger partial charge in [-0.2, -0.15) is 5.10 Å². The third kappa shape index (κ3) is 2.55. The van der Waals surface area contributed by atoms with Gasteiger partial charge in [0.1, 0.15) is 5.82 Å². The first-order valence-corrected chi connectivity index (χ1v) is 7.98. The number of hydrogen-bond acceptors (Lipinski definition) is 2. The Kier molecular flexibility index (Phi) is 3.34. The quantitative estimate of drug-likeness (QED) is 0.825. The van der Waals surface area contributed by atoms with Crippen molar-refractivity contribution in [3.63, 3.8) is 0 Å². The molecule has 5 nitrogen and oxygen atoms in total. The number of benzene rings is 1. The molecule has 1 aliphatic carbocycles. The molecule has 1 aliphatic heterocycles. The zero-order valence-electron chi connectivity index (χ0n) is 12.8. The normalized spacial score (nSPS) is 20.2. The van der Waals surface area contributed by atoms with E-state index >= 15 is 0 Å². The maximum Gasteiger partial charge on any atom is 0.407 e. The average Bonchev–Trinajstić information content (AvgIpc) is 2.92. The van der Waals surface area contributed by atoms with Crippen LogP contribution in [0.5, 0.6) is 0 Å². The largest absolute Gasteiger partial charge is 0.465 e. The van der Waals surface area contributed by atoms with Crippen molar-refractivity contribution in [1.82, 2.24) is 14.7 Å². The summed E-state index contributed by atoms with van der Waals surface area (Å²) in [6.07, 6.45) is -2.07. The maximum atomic E-state index is 13.6. The number of amides is 1. The summed E-state index contributed by atoms with van der Waals surface area (Å²) in [7, 11) is 0. The highest BCUT2D eigenvalue weighted by Gasteiger charge is 2.61. The van der Waals surface area contributed by atoms with Crippen LogP contribution >= 0.6 is 11.6 Å². The van der Waals surface area contributed by atoms with E-state index in [0.29, 0.717) is 17.0 Å². The van der Waals surface area contributed by atoms with Gasteiger partial charge in [-0.05, 0) is 24.3 Å². The van der Waals surface area contributed by atoms with E-state index in [1.165, 1.54) is 22.9 Å². The standard InChI is InChI=1S/C16H13ClF3N3O2/c17-11-3-9(1-2-12(11)18)13-4-10-5-22(14(24)25)8-15(23(10)21-13)6-16(19,20)7-15/h1-4H,5-8H2,(H,24,25). The summed E-state index contributed by atoms with van der Waals surface area (Å²) in [5.74, 6) is -3.40. The van der Waals surface area contributed by atoms with E-state index in [-0.39, 0.29) is 18.1 Å². The van der Waals surface area contributed by atoms with E-state index in [0.717, 1.165) is 4.90 Å². The highest BCUT2D eigenvalue weighted by Crippen LogP contribution is 2.52. The Morgan fingerprint density at radius 3 is 2.60 bits per heavy atom. The predicted molar refractivity (Wildman–Crippen MR) is 83.2 cm³/mol. The Balaban J connectivity index is 1.77. The monoisotopic (exact) mass is 371 g/mol. The highest BCUT2D eigenvalue weighted by atomic mass is 35.5. The molecule has 0 saturated heterocycles. The van der Waals surface area contributed by atoms with Crippen LogP contribution < -0.4 is 0 Å². The number of fused-ring (bicyclic) bond motifs is 2. The molecule has 1 fully saturated rings. The van der Waals surface area contributed by atoms with Crippen LogP contribution in [-0.2, 0) is 12.1 Å². The van der Waals surface area contributed by atoms with Crippen LogP contribution in [0.1, 0.15) is 18.5 Å². The van der Waals surface area contributed by atoms with E-state index < -0.39 is 36.2 Å². The van der Waals surface area contributed by atoms with Crippen molar-refractivity contribution in [2.24, 2.45) is 0 Å². The van der Waals surface area contributed by atoms with Crippen LogP contribution in [0.15, 0.2) is 24.3 Å². The van der Waals surface area contributed by atoms with Crippen LogP contribution in [-0.4, -0.2) is 38.3 Å². The third-order valence-electron chi connectivity index (χ3n) is 4.73. The first kappa shape index (κ1) is 16.3. The second kappa shape index (κ2) is 5.14. The molecule has 0 unspecified atom stereocenters. The summed E-state index contributed by atoms with van der Waals surface area (Å²) < 4.78 is 42.0. The summed E-state index contributed by atoms with van der Waals surface area (Å²) in [4.78, 5) is 12.5. The molecule has 1 saturated carbocycles. The lowest BCUT2D eigenvalue weighted by molar-refractivity contribution is -0.168. The lowest BCUT2D eigenvalue weighted by Crippen LogP contribution is -2.62. The molecular formula is C16H13ClF3N3O2. The predicted octanol–water partition coefficient (Wildman–Crippen LogP) is 3.96. The van der Waals surface area contributed by atoms with E-state index in [9.17, 15) is 23.1 Å². The summed E-state index contributed by atoms with van der Waals surface area (Å²) in [6.45, 7) is 0.0286. The molecule has 1 spiro atoms. The SMILES string of the molecule is O=C(O)N1Cc2cc(-c3ccc(F)c(Cl)c3)nn2C2(C1)CC(F)(F)C2. The van der Waals surface area contributed by atoms with Crippen LogP contribution in [0.2, 0.25) is 5.02 Å². The van der Waals surface area contributed by atoms with Gasteiger partial charge in [-0.15, -0.1) is 0 Å². The molecule has 2 aliphatic rings. The number of alkyl halides is 2. The molecule has 9 heteroatoms. The zero-order chi connectivity index (χ0) is 18.0. The van der Waals surface area contributed by atoms with Gasteiger partial charge in [0.25, 0.3) is 5.92 Å². The second-order valence-corrected chi connectivity index (χ2v) is 7.04. The van der Waals surface area contributed by atoms with Crippen LogP contribution in [0.3, 0.4) is 0 Å². The number of aromatic nitrogens is 2. The Hall–Kier alpha value is -2.22. The molecule has 1 aromatic heterocycles. The van der Waals surface area contributed by atoms with Gasteiger partial charge in [0.05, 0.1) is 35.0 Å². The van der Waals surface area contributed by atoms with Gasteiger partial charge < -0.3 is 10.0 Å². The van der Waals surface area contributed by atoms with Crippen molar-refractivity contribution in [2.45, 2.75) is 30.8 Å². The maximum absolute atomic E-state index is 13.6. The number of nitrogens with zero attached hydrogens (tertiary/aromatic N) is 3. The second-order valence-electron chi connectivity index (χ2n) is 6.63. The summed E-state index contributed by atoms with van der Waals surface area (Å²) in [5.41, 5.74) is 0.465. The Morgan fingerprint density at radius 2 is 2.00 bits per heavy atom. The molecule has 2 aromatic rings. The van der Waals surface area contributed by atoms with Gasteiger partial charge in [0, 0.05) is 18.4 Å². The number of carbonyl (C=O) groups is 1. The molecule has 1 amide bonds. The minimum Gasteiger partial charge on any atom is -0.465 e. The van der Waals surface area contributed by atoms with Crippen molar-refractivity contribution < 1.29 is 23.1 Å². The summed E-state index contributed by atoms with van der Waals surface area (Å²) in [6, 6.07) is 5.73. The fourth-order valence-corrected chi connectivity index (χ4v) is 3.90. The molecule has 25 heavy (non-hydrogen) atoms. The zero-order valence-corrected chi connectivity index (χ0v) is 13.6. The van der Waals surface area contributed by atoms with Gasteiger partial charge >= 0.3 is 6.09 Å². The van der Waals surface area contributed by atoms with Gasteiger partial charge in [-0.25, -0.2) is 18.0 Å². The molecule has 1 N–H and O–H groups in total. The van der Waals surface area contributed by atoms with Crippen molar-refractivity contribution >= 4 is 17.7 Å². The average molecular weight is 372 g/mol. The molecule has 0 atom stereocenters. The smallest absolute Gasteiger partial charge is 0.407 e. The fraction of sp³-hybridized carbons (Fsp3) is 0.375. The van der Waals surface area contributed by atoms with Crippen LogP contribution in [0.4, 0.5) is 18.0 Å². The van der Waals surface area contributed by atoms with Crippen LogP contribution in [0, 0.1) is 5.82 Å². The number of carboxylic acid groups (broad SMARTS) is 1. The Bertz CT molecular complexity index is 876. The fourth-order valence-electron chi connectivity index (χ4n) is 3.72. The minimum absolute atomic E-state index is 0.0315. The molecule has 1 aromatic carbocycles. The van der Waals surface area contributed by atoms with E-state index in [1.54, 1.807) is 6.07 Å². The minimum atomic E-state index is -2.83. The van der Waals surface area contributed by atoms with Crippen LogP contribution in [0.25, 0.3) is 11.3 Å².